The summed E-state index contributed by atoms with van der Waals surface area (Å²) in [7, 11) is 0. The molecule has 0 aliphatic carbocycles. The molecule has 0 spiro atoms. The van der Waals surface area contributed by atoms with Gasteiger partial charge in [-0.15, -0.1) is 0 Å². The Bertz CT molecular complexity index is 532. The van der Waals surface area contributed by atoms with E-state index in [1.54, 1.807) is 38.1 Å². The SMILES string of the molecule is CC(=O)OC(Br)(Oc1ccc(Cl)cc1)C(=O)C(C)(C)CN. The molecule has 0 bridgehead atoms. The van der Waals surface area contributed by atoms with Gasteiger partial charge in [-0.1, -0.05) is 25.4 Å². The van der Waals surface area contributed by atoms with E-state index < -0.39 is 21.9 Å². The highest BCUT2D eigenvalue weighted by atomic mass is 79.9. The van der Waals surface area contributed by atoms with Crippen molar-refractivity contribution < 1.29 is 19.1 Å². The third kappa shape index (κ3) is 4.69. The lowest BCUT2D eigenvalue weighted by atomic mass is 9.88. The molecule has 7 heteroatoms. The summed E-state index contributed by atoms with van der Waals surface area (Å²) >= 11 is 8.87. The summed E-state index contributed by atoms with van der Waals surface area (Å²) in [6.45, 7) is 4.54. The van der Waals surface area contributed by atoms with Crippen LogP contribution in [0, 0.1) is 5.41 Å². The van der Waals surface area contributed by atoms with Crippen LogP contribution >= 0.6 is 27.5 Å². The molecule has 0 saturated heterocycles. The third-order valence-electron chi connectivity index (χ3n) is 2.73. The summed E-state index contributed by atoms with van der Waals surface area (Å²) in [5, 5.41) is 0.517. The van der Waals surface area contributed by atoms with E-state index in [9.17, 15) is 9.59 Å². The van der Waals surface area contributed by atoms with E-state index in [1.807, 2.05) is 0 Å². The van der Waals surface area contributed by atoms with E-state index in [-0.39, 0.29) is 6.54 Å². The molecular weight excluding hydrogens is 362 g/mol. The fourth-order valence-electron chi connectivity index (χ4n) is 1.45. The third-order valence-corrected chi connectivity index (χ3v) is 3.67. The Morgan fingerprint density at radius 3 is 2.24 bits per heavy atom. The van der Waals surface area contributed by atoms with Crippen LogP contribution in [0.1, 0.15) is 20.8 Å². The molecule has 0 saturated carbocycles. The number of hydrogen-bond donors (Lipinski definition) is 1. The zero-order chi connectivity index (χ0) is 16.3. The summed E-state index contributed by atoms with van der Waals surface area (Å²) in [5.74, 6) is -0.844. The second kappa shape index (κ2) is 6.77. The molecule has 1 rings (SSSR count). The first-order valence-electron chi connectivity index (χ1n) is 6.19. The highest BCUT2D eigenvalue weighted by Crippen LogP contribution is 2.34. The molecule has 2 N–H and O–H groups in total. The molecule has 116 valence electrons. The zero-order valence-electron chi connectivity index (χ0n) is 12.0. The number of carbonyl (C=O) groups is 2. The van der Waals surface area contributed by atoms with E-state index in [0.29, 0.717) is 10.8 Å². The molecule has 0 aliphatic heterocycles. The minimum Gasteiger partial charge on any atom is -0.437 e. The van der Waals surface area contributed by atoms with Crippen molar-refractivity contribution in [1.82, 2.24) is 0 Å². The largest absolute Gasteiger partial charge is 0.437 e. The minimum absolute atomic E-state index is 0.0738. The van der Waals surface area contributed by atoms with Crippen LogP contribution < -0.4 is 10.5 Å². The standard InChI is InChI=1S/C14H17BrClNO4/c1-9(18)20-14(15,12(19)13(2,3)8-17)21-11-6-4-10(16)5-7-11/h4-7H,8,17H2,1-3H3. The second-order valence-electron chi connectivity index (χ2n) is 5.10. The van der Waals surface area contributed by atoms with E-state index >= 15 is 0 Å². The van der Waals surface area contributed by atoms with Gasteiger partial charge >= 0.3 is 10.7 Å². The average molecular weight is 379 g/mol. The molecule has 0 aromatic heterocycles. The molecule has 0 aliphatic rings. The number of benzene rings is 1. The Hall–Kier alpha value is -1.11. The van der Waals surface area contributed by atoms with Crippen molar-refractivity contribution in [3.63, 3.8) is 0 Å². The van der Waals surface area contributed by atoms with Crippen molar-refractivity contribution in [2.24, 2.45) is 11.1 Å². The lowest BCUT2D eigenvalue weighted by molar-refractivity contribution is -0.179. The number of alkyl halides is 1. The van der Waals surface area contributed by atoms with Crippen molar-refractivity contribution in [3.05, 3.63) is 29.3 Å². The molecule has 1 aromatic rings. The van der Waals surface area contributed by atoms with Gasteiger partial charge in [0.2, 0.25) is 5.78 Å². The number of rotatable bonds is 6. The second-order valence-corrected chi connectivity index (χ2v) is 6.58. The number of ether oxygens (including phenoxy) is 2. The lowest BCUT2D eigenvalue weighted by Crippen LogP contribution is -2.51. The van der Waals surface area contributed by atoms with Gasteiger partial charge in [-0.25, -0.2) is 0 Å². The number of nitrogens with two attached hydrogens (primary N) is 1. The number of carbonyl (C=O) groups excluding carboxylic acids is 2. The molecule has 1 unspecified atom stereocenters. The minimum atomic E-state index is -1.93. The number of Topliss-reactive ketones (excluding diaryl/α,β-unsaturated/α-hetero) is 1. The van der Waals surface area contributed by atoms with Crippen LogP contribution in [0.4, 0.5) is 0 Å². The highest BCUT2D eigenvalue weighted by Gasteiger charge is 2.49. The predicted octanol–water partition coefficient (Wildman–Crippen LogP) is 2.88. The van der Waals surface area contributed by atoms with Crippen LogP contribution in [-0.2, 0) is 14.3 Å². The molecule has 5 nitrogen and oxygen atoms in total. The quantitative estimate of drug-likeness (QED) is 0.468. The van der Waals surface area contributed by atoms with Gasteiger partial charge in [-0.3, -0.25) is 9.59 Å². The van der Waals surface area contributed by atoms with E-state index in [0.717, 1.165) is 0 Å². The van der Waals surface area contributed by atoms with Crippen molar-refractivity contribution >= 4 is 39.3 Å². The maximum absolute atomic E-state index is 12.6. The van der Waals surface area contributed by atoms with E-state index in [2.05, 4.69) is 15.9 Å². The number of halogens is 2. The van der Waals surface area contributed by atoms with Crippen molar-refractivity contribution in [2.45, 2.75) is 25.5 Å². The zero-order valence-corrected chi connectivity index (χ0v) is 14.3. The number of hydrogen-bond acceptors (Lipinski definition) is 5. The predicted molar refractivity (Wildman–Crippen MR) is 83.3 cm³/mol. The Balaban J connectivity index is 3.11. The molecule has 1 atom stereocenters. The maximum Gasteiger partial charge on any atom is 0.373 e. The van der Waals surface area contributed by atoms with Crippen LogP contribution in [0.25, 0.3) is 0 Å². The van der Waals surface area contributed by atoms with Crippen molar-refractivity contribution in [2.75, 3.05) is 6.54 Å². The fraction of sp³-hybridized carbons (Fsp3) is 0.429. The summed E-state index contributed by atoms with van der Waals surface area (Å²) in [5.41, 5.74) is 4.65. The molecule has 0 amide bonds. The van der Waals surface area contributed by atoms with Gasteiger partial charge in [0, 0.05) is 39.8 Å². The van der Waals surface area contributed by atoms with Crippen LogP contribution in [0.2, 0.25) is 5.02 Å². The fourth-order valence-corrected chi connectivity index (χ4v) is 2.53. The number of ketones is 1. The molecule has 0 radical (unpaired) electrons. The Kier molecular flexibility index (Phi) is 5.78. The van der Waals surface area contributed by atoms with Gasteiger partial charge in [0.25, 0.3) is 0 Å². The molecule has 1 aromatic carbocycles. The van der Waals surface area contributed by atoms with Crippen LogP contribution in [-0.4, -0.2) is 23.0 Å². The van der Waals surface area contributed by atoms with Gasteiger partial charge < -0.3 is 15.2 Å². The molecular formula is C14H17BrClNO4. The maximum atomic E-state index is 12.6. The summed E-state index contributed by atoms with van der Waals surface area (Å²) in [6, 6.07) is 6.31. The normalized spacial score (nSPS) is 14.2. The number of esters is 1. The topological polar surface area (TPSA) is 78.6 Å². The first kappa shape index (κ1) is 17.9. The van der Waals surface area contributed by atoms with Crippen LogP contribution in [0.3, 0.4) is 0 Å². The molecule has 0 fully saturated rings. The average Bonchev–Trinajstić information content (AvgIpc) is 2.39. The Labute approximate surface area is 136 Å². The molecule has 0 heterocycles. The van der Waals surface area contributed by atoms with Gasteiger partial charge in [0.1, 0.15) is 5.75 Å². The lowest BCUT2D eigenvalue weighted by Gasteiger charge is -2.32. The first-order chi connectivity index (χ1) is 9.60. The van der Waals surface area contributed by atoms with Gasteiger partial charge in [-0.2, -0.15) is 0 Å². The van der Waals surface area contributed by atoms with E-state index in [1.165, 1.54) is 6.92 Å². The Morgan fingerprint density at radius 2 is 1.81 bits per heavy atom. The van der Waals surface area contributed by atoms with Crippen molar-refractivity contribution in [1.29, 1.82) is 0 Å². The van der Waals surface area contributed by atoms with Gasteiger partial charge in [0.05, 0.1) is 0 Å². The van der Waals surface area contributed by atoms with E-state index in [4.69, 9.17) is 26.8 Å². The monoisotopic (exact) mass is 377 g/mol. The van der Waals surface area contributed by atoms with Crippen molar-refractivity contribution in [3.8, 4) is 5.75 Å². The molecule has 21 heavy (non-hydrogen) atoms. The highest BCUT2D eigenvalue weighted by molar-refractivity contribution is 9.10. The van der Waals surface area contributed by atoms with Crippen LogP contribution in [0.5, 0.6) is 5.75 Å². The first-order valence-corrected chi connectivity index (χ1v) is 7.36. The van der Waals surface area contributed by atoms with Gasteiger partial charge in [0.15, 0.2) is 0 Å². The summed E-state index contributed by atoms with van der Waals surface area (Å²) < 4.78 is 8.63. The summed E-state index contributed by atoms with van der Waals surface area (Å²) in [6.07, 6.45) is 0. The Morgan fingerprint density at radius 1 is 1.29 bits per heavy atom. The smallest absolute Gasteiger partial charge is 0.373 e. The summed E-state index contributed by atoms with van der Waals surface area (Å²) in [4.78, 5) is 23.9. The van der Waals surface area contributed by atoms with Gasteiger partial charge in [-0.05, 0) is 24.3 Å². The van der Waals surface area contributed by atoms with Crippen LogP contribution in [0.15, 0.2) is 24.3 Å².